The highest BCUT2D eigenvalue weighted by Crippen LogP contribution is 2.29. The van der Waals surface area contributed by atoms with Gasteiger partial charge in [0.25, 0.3) is 0 Å². The van der Waals surface area contributed by atoms with Crippen molar-refractivity contribution in [1.29, 1.82) is 0 Å². The van der Waals surface area contributed by atoms with Crippen molar-refractivity contribution in [3.8, 4) is 0 Å². The van der Waals surface area contributed by atoms with Gasteiger partial charge in [-0.3, -0.25) is 4.79 Å². The Kier molecular flexibility index (Phi) is 7.93. The van der Waals surface area contributed by atoms with Gasteiger partial charge < -0.3 is 15.4 Å². The third-order valence-electron chi connectivity index (χ3n) is 4.63. The molecule has 24 heavy (non-hydrogen) atoms. The normalized spacial score (nSPS) is 21.8. The van der Waals surface area contributed by atoms with E-state index in [0.717, 1.165) is 25.7 Å². The van der Waals surface area contributed by atoms with Crippen molar-refractivity contribution < 1.29 is 17.9 Å². The van der Waals surface area contributed by atoms with Gasteiger partial charge >= 0.3 is 0 Å². The Balaban J connectivity index is 0.00000288. The average molecular weight is 384 g/mol. The zero-order valence-corrected chi connectivity index (χ0v) is 16.2. The van der Waals surface area contributed by atoms with Gasteiger partial charge in [-0.05, 0) is 26.7 Å². The average Bonchev–Trinajstić information content (AvgIpc) is 2.94. The van der Waals surface area contributed by atoms with Crippen molar-refractivity contribution in [3.05, 3.63) is 0 Å². The summed E-state index contributed by atoms with van der Waals surface area (Å²) in [6.07, 6.45) is 3.47. The van der Waals surface area contributed by atoms with Crippen LogP contribution in [0.25, 0.3) is 0 Å². The summed E-state index contributed by atoms with van der Waals surface area (Å²) < 4.78 is 31.3. The van der Waals surface area contributed by atoms with Crippen molar-refractivity contribution in [2.45, 2.75) is 51.2 Å². The summed E-state index contributed by atoms with van der Waals surface area (Å²) in [6, 6.07) is 0. The topological polar surface area (TPSA) is 92.9 Å². The summed E-state index contributed by atoms with van der Waals surface area (Å²) in [5, 5.41) is 0. The van der Waals surface area contributed by atoms with Gasteiger partial charge in [-0.2, -0.15) is 4.31 Å². The Morgan fingerprint density at radius 2 is 1.71 bits per heavy atom. The third kappa shape index (κ3) is 5.29. The van der Waals surface area contributed by atoms with Crippen LogP contribution in [0.15, 0.2) is 0 Å². The van der Waals surface area contributed by atoms with Gasteiger partial charge in [0.1, 0.15) is 0 Å². The number of ether oxygens (including phenoxy) is 1. The molecule has 1 saturated heterocycles. The second kappa shape index (κ2) is 8.80. The van der Waals surface area contributed by atoms with Crippen LogP contribution in [-0.2, 0) is 19.6 Å². The summed E-state index contributed by atoms with van der Waals surface area (Å²) in [5.74, 6) is -0.0323. The Morgan fingerprint density at radius 1 is 1.17 bits per heavy atom. The highest BCUT2D eigenvalue weighted by molar-refractivity contribution is 7.89. The fourth-order valence-electron chi connectivity index (χ4n) is 3.22. The minimum atomic E-state index is -3.32. The smallest absolute Gasteiger partial charge is 0.242 e. The van der Waals surface area contributed by atoms with Gasteiger partial charge in [-0.1, -0.05) is 12.8 Å². The molecule has 1 saturated carbocycles. The number of rotatable bonds is 6. The zero-order chi connectivity index (χ0) is 17.1. The molecular formula is C15H30ClN3O4S. The number of piperazine rings is 1. The van der Waals surface area contributed by atoms with Crippen molar-refractivity contribution in [1.82, 2.24) is 9.21 Å². The molecule has 2 fully saturated rings. The first-order valence-corrected chi connectivity index (χ1v) is 10.0. The Hall–Kier alpha value is -0.410. The zero-order valence-electron chi connectivity index (χ0n) is 14.6. The first kappa shape index (κ1) is 21.6. The van der Waals surface area contributed by atoms with E-state index in [-0.39, 0.29) is 36.8 Å². The maximum absolute atomic E-state index is 12.5. The van der Waals surface area contributed by atoms with Crippen LogP contribution in [0, 0.1) is 0 Å². The van der Waals surface area contributed by atoms with Gasteiger partial charge in [0.15, 0.2) is 0 Å². The minimum absolute atomic E-state index is 0. The summed E-state index contributed by atoms with van der Waals surface area (Å²) in [6.45, 7) is 5.47. The van der Waals surface area contributed by atoms with Crippen LogP contribution in [0.1, 0.15) is 39.5 Å². The van der Waals surface area contributed by atoms with E-state index in [4.69, 9.17) is 10.5 Å². The number of hydrogen-bond donors (Lipinski definition) is 1. The molecule has 0 aromatic heterocycles. The number of carbonyl (C=O) groups excluding carboxylic acids is 1. The molecule has 2 rings (SSSR count). The van der Waals surface area contributed by atoms with Crippen LogP contribution in [0.2, 0.25) is 0 Å². The largest absolute Gasteiger partial charge is 0.378 e. The monoisotopic (exact) mass is 383 g/mol. The van der Waals surface area contributed by atoms with Gasteiger partial charge in [-0.25, -0.2) is 8.42 Å². The SMILES string of the molecule is CC(C)OCCS(=O)(=O)N1CCN(C(=O)C2(N)CCCC2)CC1.Cl. The molecule has 0 atom stereocenters. The maximum Gasteiger partial charge on any atom is 0.242 e. The molecule has 0 radical (unpaired) electrons. The van der Waals surface area contributed by atoms with Crippen LogP contribution in [0.4, 0.5) is 0 Å². The van der Waals surface area contributed by atoms with E-state index in [1.807, 2.05) is 13.8 Å². The number of sulfonamides is 1. The van der Waals surface area contributed by atoms with E-state index in [9.17, 15) is 13.2 Å². The van der Waals surface area contributed by atoms with E-state index < -0.39 is 15.6 Å². The molecule has 1 amide bonds. The molecule has 2 aliphatic rings. The molecular weight excluding hydrogens is 354 g/mol. The van der Waals surface area contributed by atoms with Crippen LogP contribution in [0.5, 0.6) is 0 Å². The van der Waals surface area contributed by atoms with Gasteiger partial charge in [0.2, 0.25) is 15.9 Å². The molecule has 142 valence electrons. The summed E-state index contributed by atoms with van der Waals surface area (Å²) in [7, 11) is -3.32. The van der Waals surface area contributed by atoms with Crippen LogP contribution in [-0.4, -0.2) is 73.7 Å². The fourth-order valence-corrected chi connectivity index (χ4v) is 4.51. The molecule has 0 aromatic rings. The fraction of sp³-hybridized carbons (Fsp3) is 0.933. The molecule has 2 N–H and O–H groups in total. The number of nitrogens with zero attached hydrogens (tertiary/aromatic N) is 2. The van der Waals surface area contributed by atoms with Gasteiger partial charge in [0, 0.05) is 26.2 Å². The predicted molar refractivity (Wildman–Crippen MR) is 95.7 cm³/mol. The van der Waals surface area contributed by atoms with E-state index in [0.29, 0.717) is 26.2 Å². The Labute approximate surface area is 151 Å². The van der Waals surface area contributed by atoms with Crippen molar-refractivity contribution in [2.75, 3.05) is 38.5 Å². The molecule has 9 heteroatoms. The lowest BCUT2D eigenvalue weighted by Crippen LogP contribution is -2.59. The van der Waals surface area contributed by atoms with Crippen molar-refractivity contribution in [3.63, 3.8) is 0 Å². The molecule has 7 nitrogen and oxygen atoms in total. The van der Waals surface area contributed by atoms with E-state index >= 15 is 0 Å². The molecule has 0 spiro atoms. The minimum Gasteiger partial charge on any atom is -0.378 e. The van der Waals surface area contributed by atoms with Crippen LogP contribution in [0.3, 0.4) is 0 Å². The number of carbonyl (C=O) groups is 1. The second-order valence-corrected chi connectivity index (χ2v) is 8.88. The molecule has 0 unspecified atom stereocenters. The molecule has 1 aliphatic heterocycles. The number of amides is 1. The first-order valence-electron chi connectivity index (χ1n) is 8.42. The standard InChI is InChI=1S/C15H29N3O4S.ClH/c1-13(2)22-11-12-23(20,21)18-9-7-17(8-10-18)14(19)15(16)5-3-4-6-15;/h13H,3-12,16H2,1-2H3;1H. The van der Waals surface area contributed by atoms with Crippen LogP contribution < -0.4 is 5.73 Å². The summed E-state index contributed by atoms with van der Waals surface area (Å²) in [5.41, 5.74) is 5.48. The highest BCUT2D eigenvalue weighted by atomic mass is 35.5. The van der Waals surface area contributed by atoms with E-state index in [2.05, 4.69) is 0 Å². The lowest BCUT2D eigenvalue weighted by molar-refractivity contribution is -0.138. The summed E-state index contributed by atoms with van der Waals surface area (Å²) >= 11 is 0. The van der Waals surface area contributed by atoms with E-state index in [1.54, 1.807) is 4.90 Å². The van der Waals surface area contributed by atoms with E-state index in [1.165, 1.54) is 4.31 Å². The molecule has 0 bridgehead atoms. The second-order valence-electron chi connectivity index (χ2n) is 6.79. The third-order valence-corrected chi connectivity index (χ3v) is 6.47. The highest BCUT2D eigenvalue weighted by Gasteiger charge is 2.41. The van der Waals surface area contributed by atoms with Gasteiger partial charge in [-0.15, -0.1) is 12.4 Å². The molecule has 1 heterocycles. The number of halogens is 1. The lowest BCUT2D eigenvalue weighted by atomic mass is 9.97. The first-order chi connectivity index (χ1) is 10.7. The van der Waals surface area contributed by atoms with Crippen LogP contribution >= 0.6 is 12.4 Å². The number of nitrogens with two attached hydrogens (primary N) is 1. The lowest BCUT2D eigenvalue weighted by Gasteiger charge is -2.37. The van der Waals surface area contributed by atoms with Gasteiger partial charge in [0.05, 0.1) is 24.0 Å². The molecule has 1 aliphatic carbocycles. The van der Waals surface area contributed by atoms with Crippen molar-refractivity contribution >= 4 is 28.3 Å². The Bertz CT molecular complexity index is 513. The maximum atomic E-state index is 12.5. The summed E-state index contributed by atoms with van der Waals surface area (Å²) in [4.78, 5) is 14.3. The molecule has 0 aromatic carbocycles. The van der Waals surface area contributed by atoms with Crippen molar-refractivity contribution in [2.24, 2.45) is 5.73 Å². The number of hydrogen-bond acceptors (Lipinski definition) is 5. The quantitative estimate of drug-likeness (QED) is 0.724. The predicted octanol–water partition coefficient (Wildman–Crippen LogP) is 0.579. The Morgan fingerprint density at radius 3 is 2.21 bits per heavy atom.